The fraction of sp³-hybridized carbons (Fsp3) is 0.444. The van der Waals surface area contributed by atoms with Crippen LogP contribution in [-0.2, 0) is 4.79 Å². The van der Waals surface area contributed by atoms with Gasteiger partial charge in [0.25, 0.3) is 5.91 Å². The Labute approximate surface area is 146 Å². The molecule has 1 aliphatic carbocycles. The first-order valence-electron chi connectivity index (χ1n) is 8.10. The summed E-state index contributed by atoms with van der Waals surface area (Å²) < 4.78 is 10.6. The number of nitrogens with one attached hydrogen (secondary N) is 1. The van der Waals surface area contributed by atoms with Crippen molar-refractivity contribution in [2.45, 2.75) is 38.6 Å². The van der Waals surface area contributed by atoms with Gasteiger partial charge >= 0.3 is 0 Å². The number of benzene rings is 1. The quantitative estimate of drug-likeness (QED) is 0.669. The minimum absolute atomic E-state index is 0.0357. The van der Waals surface area contributed by atoms with Gasteiger partial charge in [-0.15, -0.1) is 0 Å². The highest BCUT2D eigenvalue weighted by Gasteiger charge is 2.24. The van der Waals surface area contributed by atoms with E-state index < -0.39 is 0 Å². The highest BCUT2D eigenvalue weighted by Crippen LogP contribution is 2.37. The van der Waals surface area contributed by atoms with Crippen molar-refractivity contribution in [1.82, 2.24) is 5.32 Å². The van der Waals surface area contributed by atoms with E-state index in [1.54, 1.807) is 12.1 Å². The van der Waals surface area contributed by atoms with Crippen molar-refractivity contribution >= 4 is 23.6 Å². The Morgan fingerprint density at radius 3 is 2.75 bits per heavy atom. The van der Waals surface area contributed by atoms with Crippen LogP contribution in [0.2, 0.25) is 5.02 Å². The molecule has 0 bridgehead atoms. The topological polar surface area (TPSA) is 71.4 Å². The average molecular weight is 347 g/mol. The lowest BCUT2D eigenvalue weighted by atomic mass is 9.86. The Morgan fingerprint density at radius 1 is 1.33 bits per heavy atom. The summed E-state index contributed by atoms with van der Waals surface area (Å²) in [4.78, 5) is 12.4. The predicted octanol–water partition coefficient (Wildman–Crippen LogP) is 3.67. The van der Waals surface area contributed by atoms with Gasteiger partial charge in [0.1, 0.15) is 11.6 Å². The van der Waals surface area contributed by atoms with E-state index in [1.165, 1.54) is 12.5 Å². The van der Waals surface area contributed by atoms with E-state index in [4.69, 9.17) is 21.1 Å². The molecule has 1 heterocycles. The zero-order valence-electron chi connectivity index (χ0n) is 13.5. The van der Waals surface area contributed by atoms with Gasteiger partial charge in [0.15, 0.2) is 11.5 Å². The van der Waals surface area contributed by atoms with Gasteiger partial charge < -0.3 is 14.8 Å². The summed E-state index contributed by atoms with van der Waals surface area (Å²) in [6, 6.07) is 5.40. The summed E-state index contributed by atoms with van der Waals surface area (Å²) in [6.45, 7) is 2.28. The molecular weight excluding hydrogens is 328 g/mol. The molecule has 1 aromatic rings. The van der Waals surface area contributed by atoms with E-state index in [0.29, 0.717) is 28.0 Å². The van der Waals surface area contributed by atoms with Crippen molar-refractivity contribution in [2.75, 3.05) is 6.79 Å². The van der Waals surface area contributed by atoms with E-state index in [9.17, 15) is 10.1 Å². The number of hydrogen-bond donors (Lipinski definition) is 1. The monoisotopic (exact) mass is 346 g/mol. The highest BCUT2D eigenvalue weighted by molar-refractivity contribution is 6.32. The zero-order chi connectivity index (χ0) is 17.1. The molecular formula is C18H19ClN2O3. The second-order valence-corrected chi connectivity index (χ2v) is 6.65. The third kappa shape index (κ3) is 3.49. The summed E-state index contributed by atoms with van der Waals surface area (Å²) in [7, 11) is 0. The van der Waals surface area contributed by atoms with Crippen molar-refractivity contribution in [2.24, 2.45) is 5.92 Å². The van der Waals surface area contributed by atoms with Crippen molar-refractivity contribution in [3.8, 4) is 17.6 Å². The summed E-state index contributed by atoms with van der Waals surface area (Å²) in [5.74, 6) is 1.20. The molecule has 0 radical (unpaired) electrons. The molecule has 0 aromatic heterocycles. The Morgan fingerprint density at radius 2 is 2.04 bits per heavy atom. The molecule has 3 rings (SSSR count). The lowest BCUT2D eigenvalue weighted by Gasteiger charge is -2.29. The second kappa shape index (κ2) is 7.14. The first kappa shape index (κ1) is 16.7. The first-order chi connectivity index (χ1) is 11.6. The number of fused-ring (bicyclic) bond motifs is 1. The van der Waals surface area contributed by atoms with Gasteiger partial charge in [0.05, 0.1) is 5.02 Å². The number of hydrogen-bond acceptors (Lipinski definition) is 4. The Hall–Kier alpha value is -2.19. The maximum atomic E-state index is 12.4. The molecule has 1 aliphatic heterocycles. The number of nitrogens with zero attached hydrogens (tertiary/aromatic N) is 1. The van der Waals surface area contributed by atoms with Crippen LogP contribution in [-0.4, -0.2) is 18.7 Å². The number of rotatable bonds is 3. The molecule has 2 aliphatic rings. The molecule has 1 saturated carbocycles. The van der Waals surface area contributed by atoms with Crippen LogP contribution in [0.3, 0.4) is 0 Å². The normalized spacial score (nSPS) is 22.8. The fourth-order valence-electron chi connectivity index (χ4n) is 3.12. The average Bonchev–Trinajstić information content (AvgIpc) is 3.01. The molecule has 1 aromatic carbocycles. The van der Waals surface area contributed by atoms with Gasteiger partial charge in [-0.3, -0.25) is 4.79 Å². The van der Waals surface area contributed by atoms with Gasteiger partial charge in [0, 0.05) is 12.1 Å². The Kier molecular flexibility index (Phi) is 4.96. The summed E-state index contributed by atoms with van der Waals surface area (Å²) >= 11 is 6.21. The Bertz CT molecular complexity index is 724. The van der Waals surface area contributed by atoms with Gasteiger partial charge in [-0.05, 0) is 36.5 Å². The van der Waals surface area contributed by atoms with Crippen molar-refractivity contribution in [1.29, 1.82) is 5.26 Å². The number of amides is 1. The molecule has 0 unspecified atom stereocenters. The SMILES string of the molecule is C[C@H]1CCCC[C@@H]1NC(=O)/C(C#N)=C/c1cc2c(cc1Cl)OCO2. The Balaban J connectivity index is 1.79. The molecule has 0 spiro atoms. The molecule has 1 N–H and O–H groups in total. The molecule has 2 atom stereocenters. The first-order valence-corrected chi connectivity index (χ1v) is 8.48. The number of carbonyl (C=O) groups excluding carboxylic acids is 1. The van der Waals surface area contributed by atoms with Crippen LogP contribution in [0.4, 0.5) is 0 Å². The minimum atomic E-state index is -0.356. The molecule has 5 nitrogen and oxygen atoms in total. The van der Waals surface area contributed by atoms with Crippen LogP contribution in [0, 0.1) is 17.2 Å². The van der Waals surface area contributed by atoms with Crippen LogP contribution >= 0.6 is 11.6 Å². The maximum Gasteiger partial charge on any atom is 0.262 e. The number of ether oxygens (including phenoxy) is 2. The van der Waals surface area contributed by atoms with E-state index in [-0.39, 0.29) is 24.3 Å². The second-order valence-electron chi connectivity index (χ2n) is 6.24. The summed E-state index contributed by atoms with van der Waals surface area (Å²) in [5, 5.41) is 12.8. The third-order valence-electron chi connectivity index (χ3n) is 4.58. The largest absolute Gasteiger partial charge is 0.454 e. The van der Waals surface area contributed by atoms with Crippen molar-refractivity contribution < 1.29 is 14.3 Å². The number of carbonyl (C=O) groups is 1. The lowest BCUT2D eigenvalue weighted by Crippen LogP contribution is -2.41. The third-order valence-corrected chi connectivity index (χ3v) is 4.91. The smallest absolute Gasteiger partial charge is 0.262 e. The maximum absolute atomic E-state index is 12.4. The van der Waals surface area contributed by atoms with Crippen molar-refractivity contribution in [3.63, 3.8) is 0 Å². The molecule has 6 heteroatoms. The molecule has 1 fully saturated rings. The molecule has 126 valence electrons. The highest BCUT2D eigenvalue weighted by atomic mass is 35.5. The fourth-order valence-corrected chi connectivity index (χ4v) is 3.33. The van der Waals surface area contributed by atoms with E-state index in [1.807, 2.05) is 6.07 Å². The number of halogens is 1. The van der Waals surface area contributed by atoms with Crippen LogP contribution in [0.25, 0.3) is 6.08 Å². The summed E-state index contributed by atoms with van der Waals surface area (Å²) in [6.07, 6.45) is 5.85. The minimum Gasteiger partial charge on any atom is -0.454 e. The van der Waals surface area contributed by atoms with Crippen LogP contribution in [0.5, 0.6) is 11.5 Å². The molecule has 0 saturated heterocycles. The van der Waals surface area contributed by atoms with Crippen molar-refractivity contribution in [3.05, 3.63) is 28.3 Å². The van der Waals surface area contributed by atoms with Crippen LogP contribution in [0.1, 0.15) is 38.2 Å². The molecule has 1 amide bonds. The van der Waals surface area contributed by atoms with Gasteiger partial charge in [-0.2, -0.15) is 5.26 Å². The van der Waals surface area contributed by atoms with E-state index in [2.05, 4.69) is 12.2 Å². The van der Waals surface area contributed by atoms with Gasteiger partial charge in [0.2, 0.25) is 6.79 Å². The van der Waals surface area contributed by atoms with Gasteiger partial charge in [-0.25, -0.2) is 0 Å². The molecule has 24 heavy (non-hydrogen) atoms. The zero-order valence-corrected chi connectivity index (χ0v) is 14.2. The van der Waals surface area contributed by atoms with E-state index >= 15 is 0 Å². The number of nitriles is 1. The van der Waals surface area contributed by atoms with Gasteiger partial charge in [-0.1, -0.05) is 31.4 Å². The van der Waals surface area contributed by atoms with E-state index in [0.717, 1.165) is 19.3 Å². The van der Waals surface area contributed by atoms with Crippen LogP contribution < -0.4 is 14.8 Å². The standard InChI is InChI=1S/C18H19ClN2O3/c1-11-4-2-3-5-15(11)21-18(22)13(9-20)6-12-7-16-17(8-14(12)19)24-10-23-16/h6-8,11,15H,2-5,10H2,1H3,(H,21,22)/b13-6+/t11-,15-/m0/s1. The van der Waals surface area contributed by atoms with Crippen LogP contribution in [0.15, 0.2) is 17.7 Å². The summed E-state index contributed by atoms with van der Waals surface area (Å²) in [5.41, 5.74) is 0.595. The lowest BCUT2D eigenvalue weighted by molar-refractivity contribution is -0.118. The predicted molar refractivity (Wildman–Crippen MR) is 90.7 cm³/mol.